The third-order valence-electron chi connectivity index (χ3n) is 4.63. The van der Waals surface area contributed by atoms with Crippen LogP contribution < -0.4 is 11.2 Å². The number of hydrogen-bond acceptors (Lipinski definition) is 4. The van der Waals surface area contributed by atoms with Crippen molar-refractivity contribution >= 4 is 16.9 Å². The Morgan fingerprint density at radius 3 is 2.48 bits per heavy atom. The number of fused-ring (bicyclic) bond motifs is 1. The summed E-state index contributed by atoms with van der Waals surface area (Å²) in [5.74, 6) is -0.101. The number of imidazole rings is 1. The molecule has 0 unspecified atom stereocenters. The highest BCUT2D eigenvalue weighted by atomic mass is 16.2. The summed E-state index contributed by atoms with van der Waals surface area (Å²) in [6.07, 6.45) is 1.44. The van der Waals surface area contributed by atoms with Crippen LogP contribution in [0.3, 0.4) is 0 Å². The molecule has 0 aliphatic carbocycles. The molecular formula is C18H20N4O3. The van der Waals surface area contributed by atoms with Gasteiger partial charge in [0.1, 0.15) is 0 Å². The maximum Gasteiger partial charge on any atom is 0.332 e. The molecule has 130 valence electrons. The van der Waals surface area contributed by atoms with E-state index in [0.717, 1.165) is 15.7 Å². The fourth-order valence-corrected chi connectivity index (χ4v) is 3.01. The first-order valence-corrected chi connectivity index (χ1v) is 7.98. The molecule has 2 aromatic heterocycles. The zero-order chi connectivity index (χ0) is 18.5. The van der Waals surface area contributed by atoms with Crippen LogP contribution in [-0.2, 0) is 14.1 Å². The van der Waals surface area contributed by atoms with Crippen molar-refractivity contribution in [2.24, 2.45) is 14.1 Å². The lowest BCUT2D eigenvalue weighted by atomic mass is 9.98. The molecular weight excluding hydrogens is 320 g/mol. The average molecular weight is 340 g/mol. The summed E-state index contributed by atoms with van der Waals surface area (Å²) < 4.78 is 3.87. The van der Waals surface area contributed by atoms with Crippen LogP contribution in [0.15, 0.2) is 34.1 Å². The highest BCUT2D eigenvalue weighted by Gasteiger charge is 2.23. The zero-order valence-corrected chi connectivity index (χ0v) is 14.9. The molecule has 0 saturated carbocycles. The van der Waals surface area contributed by atoms with Crippen LogP contribution in [0.4, 0.5) is 0 Å². The first kappa shape index (κ1) is 16.9. The molecule has 0 saturated heterocycles. The molecule has 0 radical (unpaired) electrons. The number of carbonyl (C=O) groups is 1. The van der Waals surface area contributed by atoms with Crippen molar-refractivity contribution < 1.29 is 4.79 Å². The van der Waals surface area contributed by atoms with Crippen LogP contribution in [0.1, 0.15) is 34.5 Å². The van der Waals surface area contributed by atoms with Crippen LogP contribution in [0.25, 0.3) is 11.2 Å². The molecule has 0 bridgehead atoms. The third-order valence-corrected chi connectivity index (χ3v) is 4.63. The molecule has 3 rings (SSSR count). The molecule has 0 spiro atoms. The number of aromatic nitrogens is 4. The Bertz CT molecular complexity index is 1120. The van der Waals surface area contributed by atoms with Crippen LogP contribution in [0, 0.1) is 13.8 Å². The Morgan fingerprint density at radius 1 is 1.12 bits per heavy atom. The minimum atomic E-state index is -0.615. The van der Waals surface area contributed by atoms with Crippen molar-refractivity contribution in [3.05, 3.63) is 62.1 Å². The van der Waals surface area contributed by atoms with Crippen LogP contribution >= 0.6 is 0 Å². The second kappa shape index (κ2) is 5.84. The molecule has 3 aromatic rings. The Hall–Kier alpha value is -2.96. The van der Waals surface area contributed by atoms with E-state index in [-0.39, 0.29) is 16.9 Å². The van der Waals surface area contributed by atoms with Crippen molar-refractivity contribution in [3.63, 3.8) is 0 Å². The van der Waals surface area contributed by atoms with Gasteiger partial charge in [-0.05, 0) is 32.4 Å². The molecule has 0 aliphatic rings. The van der Waals surface area contributed by atoms with Gasteiger partial charge in [0.25, 0.3) is 5.56 Å². The average Bonchev–Trinajstić information content (AvgIpc) is 3.04. The van der Waals surface area contributed by atoms with Gasteiger partial charge in [-0.2, -0.15) is 0 Å². The van der Waals surface area contributed by atoms with Gasteiger partial charge in [0.2, 0.25) is 0 Å². The van der Waals surface area contributed by atoms with Crippen LogP contribution in [-0.4, -0.2) is 24.5 Å². The van der Waals surface area contributed by atoms with Gasteiger partial charge in [-0.3, -0.25) is 18.7 Å². The van der Waals surface area contributed by atoms with E-state index in [1.54, 1.807) is 18.5 Å². The number of Topliss-reactive ketones (excluding diaryl/α,β-unsaturated/α-hetero) is 1. The fourth-order valence-electron chi connectivity index (χ4n) is 3.01. The van der Waals surface area contributed by atoms with Gasteiger partial charge in [-0.25, -0.2) is 9.78 Å². The van der Waals surface area contributed by atoms with Crippen LogP contribution in [0.5, 0.6) is 0 Å². The highest BCUT2D eigenvalue weighted by Crippen LogP contribution is 2.21. The SMILES string of the molecule is Cc1ccc(C)c(C(=O)[C@H](C)n2cnc3c2c(=O)n(C)c(=O)n3C)c1. The topological polar surface area (TPSA) is 78.9 Å². The quantitative estimate of drug-likeness (QED) is 0.677. The minimum Gasteiger partial charge on any atom is -0.314 e. The van der Waals surface area contributed by atoms with E-state index in [1.807, 2.05) is 32.0 Å². The number of nitrogens with zero attached hydrogens (tertiary/aromatic N) is 4. The van der Waals surface area contributed by atoms with Gasteiger partial charge < -0.3 is 4.57 Å². The van der Waals surface area contributed by atoms with Gasteiger partial charge in [-0.15, -0.1) is 0 Å². The summed E-state index contributed by atoms with van der Waals surface area (Å²) >= 11 is 0. The molecule has 1 aromatic carbocycles. The summed E-state index contributed by atoms with van der Waals surface area (Å²) in [5.41, 5.74) is 2.11. The molecule has 7 nitrogen and oxygen atoms in total. The molecule has 1 atom stereocenters. The van der Waals surface area contributed by atoms with Gasteiger partial charge >= 0.3 is 5.69 Å². The monoisotopic (exact) mass is 340 g/mol. The zero-order valence-electron chi connectivity index (χ0n) is 14.9. The van der Waals surface area contributed by atoms with E-state index in [0.29, 0.717) is 5.56 Å². The summed E-state index contributed by atoms with van der Waals surface area (Å²) in [4.78, 5) is 41.7. The Balaban J connectivity index is 2.20. The van der Waals surface area contributed by atoms with Gasteiger partial charge in [0.05, 0.1) is 12.4 Å². The fraction of sp³-hybridized carbons (Fsp3) is 0.333. The standard InChI is InChI=1S/C18H20N4O3/c1-10-6-7-11(2)13(8-10)15(23)12(3)22-9-19-16-14(22)17(24)21(5)18(25)20(16)4/h6-9,12H,1-5H3/t12-/m0/s1. The summed E-state index contributed by atoms with van der Waals surface area (Å²) in [6, 6.07) is 5.09. The number of benzene rings is 1. The van der Waals surface area contributed by atoms with E-state index in [1.165, 1.54) is 17.9 Å². The van der Waals surface area contributed by atoms with Gasteiger partial charge in [-0.1, -0.05) is 17.7 Å². The smallest absolute Gasteiger partial charge is 0.314 e. The number of rotatable bonds is 3. The highest BCUT2D eigenvalue weighted by molar-refractivity contribution is 6.00. The predicted octanol–water partition coefficient (Wildman–Crippen LogP) is 1.49. The number of ketones is 1. The first-order valence-electron chi connectivity index (χ1n) is 7.98. The van der Waals surface area contributed by atoms with Crippen molar-refractivity contribution in [1.29, 1.82) is 0 Å². The second-order valence-corrected chi connectivity index (χ2v) is 6.39. The lowest BCUT2D eigenvalue weighted by Crippen LogP contribution is -2.38. The second-order valence-electron chi connectivity index (χ2n) is 6.39. The van der Waals surface area contributed by atoms with E-state index in [2.05, 4.69) is 4.98 Å². The molecule has 0 N–H and O–H groups in total. The first-order chi connectivity index (χ1) is 11.7. The lowest BCUT2D eigenvalue weighted by Gasteiger charge is -2.15. The summed E-state index contributed by atoms with van der Waals surface area (Å²) in [6.45, 7) is 5.54. The normalized spacial score (nSPS) is 12.5. The van der Waals surface area contributed by atoms with Crippen molar-refractivity contribution in [3.8, 4) is 0 Å². The van der Waals surface area contributed by atoms with Crippen molar-refractivity contribution in [2.45, 2.75) is 26.8 Å². The van der Waals surface area contributed by atoms with Crippen molar-refractivity contribution in [2.75, 3.05) is 0 Å². The third kappa shape index (κ3) is 2.52. The largest absolute Gasteiger partial charge is 0.332 e. The number of carbonyl (C=O) groups excluding carboxylic acids is 1. The number of aryl methyl sites for hydroxylation is 3. The molecule has 0 fully saturated rings. The number of hydrogen-bond donors (Lipinski definition) is 0. The lowest BCUT2D eigenvalue weighted by molar-refractivity contribution is 0.0936. The Kier molecular flexibility index (Phi) is 3.94. The molecule has 7 heteroatoms. The summed E-state index contributed by atoms with van der Waals surface area (Å²) in [7, 11) is 2.97. The molecule has 0 aliphatic heterocycles. The van der Waals surface area contributed by atoms with E-state index >= 15 is 0 Å². The van der Waals surface area contributed by atoms with E-state index in [4.69, 9.17) is 0 Å². The molecule has 25 heavy (non-hydrogen) atoms. The maximum absolute atomic E-state index is 13.0. The van der Waals surface area contributed by atoms with E-state index in [9.17, 15) is 14.4 Å². The Morgan fingerprint density at radius 2 is 1.80 bits per heavy atom. The van der Waals surface area contributed by atoms with Gasteiger partial charge in [0, 0.05) is 19.7 Å². The van der Waals surface area contributed by atoms with Gasteiger partial charge in [0.15, 0.2) is 16.9 Å². The molecule has 0 amide bonds. The predicted molar refractivity (Wildman–Crippen MR) is 95.2 cm³/mol. The molecule has 2 heterocycles. The van der Waals surface area contributed by atoms with Crippen molar-refractivity contribution in [1.82, 2.24) is 18.7 Å². The van der Waals surface area contributed by atoms with Crippen LogP contribution in [0.2, 0.25) is 0 Å². The minimum absolute atomic E-state index is 0.101. The maximum atomic E-state index is 13.0. The summed E-state index contributed by atoms with van der Waals surface area (Å²) in [5, 5.41) is 0. The Labute approximate surface area is 144 Å². The van der Waals surface area contributed by atoms with E-state index < -0.39 is 17.3 Å².